The first-order valence-electron chi connectivity index (χ1n) is 9.85. The Morgan fingerprint density at radius 1 is 1.20 bits per heavy atom. The molecule has 7 heteroatoms. The maximum absolute atomic E-state index is 13.5. The Hall–Kier alpha value is -2.64. The Labute approximate surface area is 183 Å². The van der Waals surface area contributed by atoms with Gasteiger partial charge >= 0.3 is 0 Å². The molecular formula is C23H23N3O2S2. The molecule has 0 aliphatic carbocycles. The van der Waals surface area contributed by atoms with E-state index < -0.39 is 0 Å². The fourth-order valence-electron chi connectivity index (χ4n) is 3.42. The van der Waals surface area contributed by atoms with E-state index in [1.165, 1.54) is 22.2 Å². The van der Waals surface area contributed by atoms with E-state index in [1.54, 1.807) is 34.2 Å². The summed E-state index contributed by atoms with van der Waals surface area (Å²) in [4.78, 5) is 35.6. The number of benzene rings is 1. The molecule has 3 aromatic heterocycles. The highest BCUT2D eigenvalue weighted by molar-refractivity contribution is 7.99. The van der Waals surface area contributed by atoms with Gasteiger partial charge in [0.15, 0.2) is 10.9 Å². The molecule has 4 aromatic rings. The van der Waals surface area contributed by atoms with Crippen LogP contribution >= 0.6 is 23.1 Å². The minimum absolute atomic E-state index is 0.0159. The molecule has 1 N–H and O–H groups in total. The van der Waals surface area contributed by atoms with Gasteiger partial charge in [-0.3, -0.25) is 14.2 Å². The topological polar surface area (TPSA) is 67.8 Å². The van der Waals surface area contributed by atoms with E-state index >= 15 is 0 Å². The molecule has 0 saturated heterocycles. The number of fused-ring (bicyclic) bond motifs is 1. The zero-order valence-electron chi connectivity index (χ0n) is 17.2. The Bertz CT molecular complexity index is 1250. The monoisotopic (exact) mass is 437 g/mol. The molecule has 0 unspecified atom stereocenters. The summed E-state index contributed by atoms with van der Waals surface area (Å²) in [7, 11) is 0. The Morgan fingerprint density at radius 3 is 2.63 bits per heavy atom. The molecule has 0 aliphatic heterocycles. The van der Waals surface area contributed by atoms with Crippen molar-refractivity contribution in [2.75, 3.05) is 5.75 Å². The average molecular weight is 438 g/mol. The van der Waals surface area contributed by atoms with Gasteiger partial charge in [-0.15, -0.1) is 11.3 Å². The van der Waals surface area contributed by atoms with Crippen molar-refractivity contribution in [2.24, 2.45) is 0 Å². The second-order valence-corrected chi connectivity index (χ2v) is 9.28. The number of nitrogens with one attached hydrogen (secondary N) is 1. The van der Waals surface area contributed by atoms with Gasteiger partial charge in [-0.1, -0.05) is 48.5 Å². The first kappa shape index (κ1) is 20.6. The maximum atomic E-state index is 13.5. The molecular weight excluding hydrogens is 414 g/mol. The Kier molecular flexibility index (Phi) is 5.92. The van der Waals surface area contributed by atoms with Crippen LogP contribution in [-0.2, 0) is 13.0 Å². The number of ketones is 1. The predicted octanol–water partition coefficient (Wildman–Crippen LogP) is 4.99. The molecule has 0 aliphatic rings. The SMILES string of the molecule is CCc1sc2nc(SCC(=O)c3ccc[nH]3)n(Cc3ccc(C)cc3)c(=O)c2c1C. The Morgan fingerprint density at radius 2 is 1.97 bits per heavy atom. The summed E-state index contributed by atoms with van der Waals surface area (Å²) in [5.74, 6) is 0.204. The van der Waals surface area contributed by atoms with Crippen molar-refractivity contribution in [3.63, 3.8) is 0 Å². The standard InChI is InChI=1S/C23H23N3O2S2/c1-4-19-15(3)20-21(30-19)25-23(29-13-18(27)17-6-5-11-24-17)26(22(20)28)12-16-9-7-14(2)8-10-16/h5-11,24H,4,12-13H2,1-3H3. The van der Waals surface area contributed by atoms with Crippen LogP contribution in [0.5, 0.6) is 0 Å². The number of rotatable bonds is 7. The lowest BCUT2D eigenvalue weighted by Gasteiger charge is -2.12. The van der Waals surface area contributed by atoms with Gasteiger partial charge in [-0.05, 0) is 43.5 Å². The molecule has 3 heterocycles. The molecule has 1 aromatic carbocycles. The van der Waals surface area contributed by atoms with Gasteiger partial charge in [0.2, 0.25) is 0 Å². The van der Waals surface area contributed by atoms with Crippen LogP contribution in [0.4, 0.5) is 0 Å². The van der Waals surface area contributed by atoms with Crippen LogP contribution in [0.3, 0.4) is 0 Å². The first-order valence-corrected chi connectivity index (χ1v) is 11.7. The van der Waals surface area contributed by atoms with Crippen molar-refractivity contribution < 1.29 is 4.79 Å². The molecule has 154 valence electrons. The first-order chi connectivity index (χ1) is 14.5. The normalized spacial score (nSPS) is 11.3. The highest BCUT2D eigenvalue weighted by Crippen LogP contribution is 2.30. The fourth-order valence-corrected chi connectivity index (χ4v) is 5.46. The van der Waals surface area contributed by atoms with Crippen LogP contribution < -0.4 is 5.56 Å². The second-order valence-electron chi connectivity index (χ2n) is 7.25. The largest absolute Gasteiger partial charge is 0.359 e. The van der Waals surface area contributed by atoms with Gasteiger partial charge in [-0.2, -0.15) is 0 Å². The van der Waals surface area contributed by atoms with Crippen LogP contribution in [0.25, 0.3) is 10.2 Å². The summed E-state index contributed by atoms with van der Waals surface area (Å²) in [5.41, 5.74) is 3.75. The minimum atomic E-state index is -0.0381. The van der Waals surface area contributed by atoms with E-state index in [0.717, 1.165) is 22.4 Å². The number of aromatic amines is 1. The van der Waals surface area contributed by atoms with Gasteiger partial charge in [0.1, 0.15) is 4.83 Å². The summed E-state index contributed by atoms with van der Waals surface area (Å²) < 4.78 is 1.71. The van der Waals surface area contributed by atoms with Crippen molar-refractivity contribution in [1.29, 1.82) is 0 Å². The van der Waals surface area contributed by atoms with Crippen LogP contribution in [0, 0.1) is 13.8 Å². The summed E-state index contributed by atoms with van der Waals surface area (Å²) in [6, 6.07) is 11.7. The third kappa shape index (κ3) is 4.00. The molecule has 0 bridgehead atoms. The number of H-pyrrole nitrogens is 1. The Balaban J connectivity index is 1.76. The number of hydrogen-bond acceptors (Lipinski definition) is 5. The van der Waals surface area contributed by atoms with Crippen molar-refractivity contribution in [1.82, 2.24) is 14.5 Å². The van der Waals surface area contributed by atoms with E-state index in [2.05, 4.69) is 11.9 Å². The number of carbonyl (C=O) groups is 1. The number of Topliss-reactive ketones (excluding diaryl/α,β-unsaturated/α-hetero) is 1. The van der Waals surface area contributed by atoms with Crippen molar-refractivity contribution in [2.45, 2.75) is 38.9 Å². The molecule has 0 atom stereocenters. The fraction of sp³-hybridized carbons (Fsp3) is 0.261. The number of aryl methyl sites for hydroxylation is 3. The quantitative estimate of drug-likeness (QED) is 0.251. The average Bonchev–Trinajstić information content (AvgIpc) is 3.38. The third-order valence-electron chi connectivity index (χ3n) is 5.13. The third-order valence-corrected chi connectivity index (χ3v) is 7.43. The highest BCUT2D eigenvalue weighted by atomic mass is 32.2. The molecule has 0 fully saturated rings. The maximum Gasteiger partial charge on any atom is 0.263 e. The van der Waals surface area contributed by atoms with E-state index in [1.807, 2.05) is 38.1 Å². The summed E-state index contributed by atoms with van der Waals surface area (Å²) in [6.07, 6.45) is 2.61. The van der Waals surface area contributed by atoms with E-state index in [4.69, 9.17) is 4.98 Å². The van der Waals surface area contributed by atoms with Gasteiger partial charge in [-0.25, -0.2) is 4.98 Å². The summed E-state index contributed by atoms with van der Waals surface area (Å²) >= 11 is 2.89. The number of hydrogen-bond donors (Lipinski definition) is 1. The van der Waals surface area contributed by atoms with E-state index in [-0.39, 0.29) is 17.1 Å². The smallest absolute Gasteiger partial charge is 0.263 e. The zero-order chi connectivity index (χ0) is 21.3. The van der Waals surface area contributed by atoms with Gasteiger partial charge in [0.05, 0.1) is 23.4 Å². The van der Waals surface area contributed by atoms with Crippen molar-refractivity contribution in [3.8, 4) is 0 Å². The van der Waals surface area contributed by atoms with Crippen LogP contribution in [0.15, 0.2) is 52.5 Å². The van der Waals surface area contributed by atoms with Gasteiger partial charge < -0.3 is 4.98 Å². The lowest BCUT2D eigenvalue weighted by Crippen LogP contribution is -2.24. The lowest BCUT2D eigenvalue weighted by atomic mass is 10.1. The van der Waals surface area contributed by atoms with E-state index in [0.29, 0.717) is 22.8 Å². The number of thioether (sulfide) groups is 1. The molecule has 0 radical (unpaired) electrons. The van der Waals surface area contributed by atoms with Crippen molar-refractivity contribution >= 4 is 39.1 Å². The molecule has 30 heavy (non-hydrogen) atoms. The van der Waals surface area contributed by atoms with Gasteiger partial charge in [0, 0.05) is 11.1 Å². The minimum Gasteiger partial charge on any atom is -0.359 e. The van der Waals surface area contributed by atoms with Crippen LogP contribution in [-0.4, -0.2) is 26.1 Å². The molecule has 0 saturated carbocycles. The van der Waals surface area contributed by atoms with Crippen molar-refractivity contribution in [3.05, 3.63) is 80.2 Å². The lowest BCUT2D eigenvalue weighted by molar-refractivity contribution is 0.101. The summed E-state index contributed by atoms with van der Waals surface area (Å²) in [6.45, 7) is 6.56. The zero-order valence-corrected chi connectivity index (χ0v) is 18.8. The number of nitrogens with zero attached hydrogens (tertiary/aromatic N) is 2. The number of carbonyl (C=O) groups excluding carboxylic acids is 1. The molecule has 0 spiro atoms. The second kappa shape index (κ2) is 8.62. The van der Waals surface area contributed by atoms with E-state index in [9.17, 15) is 9.59 Å². The van der Waals surface area contributed by atoms with Crippen LogP contribution in [0.2, 0.25) is 0 Å². The number of thiophene rings is 1. The van der Waals surface area contributed by atoms with Crippen LogP contribution in [0.1, 0.15) is 39.0 Å². The molecule has 5 nitrogen and oxygen atoms in total. The highest BCUT2D eigenvalue weighted by Gasteiger charge is 2.19. The molecule has 4 rings (SSSR count). The summed E-state index contributed by atoms with van der Waals surface area (Å²) in [5, 5.41) is 1.28. The van der Waals surface area contributed by atoms with Gasteiger partial charge in [0.25, 0.3) is 5.56 Å². The number of aromatic nitrogens is 3. The predicted molar refractivity (Wildman–Crippen MR) is 124 cm³/mol. The molecule has 0 amide bonds.